The van der Waals surface area contributed by atoms with Crippen molar-refractivity contribution in [1.82, 2.24) is 0 Å². The van der Waals surface area contributed by atoms with Crippen molar-refractivity contribution in [3.05, 3.63) is 29.3 Å². The van der Waals surface area contributed by atoms with Gasteiger partial charge >= 0.3 is 5.97 Å². The Hall–Kier alpha value is -1.31. The lowest BCUT2D eigenvalue weighted by molar-refractivity contribution is -0.139. The maximum Gasteiger partial charge on any atom is 0.314 e. The van der Waals surface area contributed by atoms with Crippen LogP contribution in [-0.4, -0.2) is 5.97 Å². The molecule has 2 heteroatoms. The summed E-state index contributed by atoms with van der Waals surface area (Å²) in [6.07, 6.45) is 0.800. The van der Waals surface area contributed by atoms with Crippen molar-refractivity contribution in [3.63, 3.8) is 0 Å². The van der Waals surface area contributed by atoms with Crippen LogP contribution < -0.4 is 4.74 Å². The monoisotopic (exact) mass is 176 g/mol. The molecular formula is C11H12O2. The van der Waals surface area contributed by atoms with E-state index in [0.29, 0.717) is 0 Å². The summed E-state index contributed by atoms with van der Waals surface area (Å²) in [6.45, 7) is 3.89. The number of carbonyl (C=O) groups excluding carboxylic acids is 1. The Labute approximate surface area is 77.5 Å². The van der Waals surface area contributed by atoms with Gasteiger partial charge in [0.1, 0.15) is 5.75 Å². The predicted octanol–water partition coefficient (Wildman–Crippen LogP) is 2.09. The van der Waals surface area contributed by atoms with Crippen LogP contribution in [0.2, 0.25) is 0 Å². The quantitative estimate of drug-likeness (QED) is 0.447. The van der Waals surface area contributed by atoms with Crippen molar-refractivity contribution < 1.29 is 9.53 Å². The molecule has 0 N–H and O–H groups in total. The molecule has 13 heavy (non-hydrogen) atoms. The van der Waals surface area contributed by atoms with Crippen LogP contribution >= 0.6 is 0 Å². The first-order chi connectivity index (χ1) is 6.16. The lowest BCUT2D eigenvalue weighted by atomic mass is 9.97. The van der Waals surface area contributed by atoms with Crippen LogP contribution in [0.3, 0.4) is 0 Å². The van der Waals surface area contributed by atoms with Gasteiger partial charge < -0.3 is 4.74 Å². The molecule has 1 aromatic rings. The van der Waals surface area contributed by atoms with Crippen molar-refractivity contribution >= 4 is 5.97 Å². The number of hydrogen-bond acceptors (Lipinski definition) is 2. The van der Waals surface area contributed by atoms with E-state index in [1.165, 1.54) is 0 Å². The SMILES string of the molecule is Cc1ccc2c(c1)OC(=O)C(C)C2. The fraction of sp³-hybridized carbons (Fsp3) is 0.364. The van der Waals surface area contributed by atoms with E-state index < -0.39 is 0 Å². The first-order valence-corrected chi connectivity index (χ1v) is 4.48. The highest BCUT2D eigenvalue weighted by molar-refractivity contribution is 5.77. The molecule has 0 aromatic heterocycles. The highest BCUT2D eigenvalue weighted by Gasteiger charge is 2.24. The topological polar surface area (TPSA) is 26.3 Å². The van der Waals surface area contributed by atoms with E-state index in [2.05, 4.69) is 0 Å². The minimum Gasteiger partial charge on any atom is -0.426 e. The van der Waals surface area contributed by atoms with Gasteiger partial charge in [-0.05, 0) is 30.5 Å². The maximum absolute atomic E-state index is 11.2. The molecule has 0 bridgehead atoms. The lowest BCUT2D eigenvalue weighted by Gasteiger charge is -2.20. The molecule has 0 spiro atoms. The Morgan fingerprint density at radius 3 is 3.00 bits per heavy atom. The molecule has 0 saturated carbocycles. The third-order valence-electron chi connectivity index (χ3n) is 2.36. The molecular weight excluding hydrogens is 164 g/mol. The van der Waals surface area contributed by atoms with Gasteiger partial charge in [-0.1, -0.05) is 19.1 Å². The van der Waals surface area contributed by atoms with Gasteiger partial charge in [0.15, 0.2) is 0 Å². The standard InChI is InChI=1S/C11H12O2/c1-7-3-4-9-6-8(2)11(12)13-10(9)5-7/h3-5,8H,6H2,1-2H3. The number of hydrogen-bond donors (Lipinski definition) is 0. The fourth-order valence-corrected chi connectivity index (χ4v) is 1.55. The van der Waals surface area contributed by atoms with Crippen LogP contribution in [0.1, 0.15) is 18.1 Å². The number of aryl methyl sites for hydroxylation is 1. The number of ether oxygens (including phenoxy) is 1. The zero-order valence-electron chi connectivity index (χ0n) is 7.83. The number of fused-ring (bicyclic) bond motifs is 1. The van der Waals surface area contributed by atoms with Crippen LogP contribution in [-0.2, 0) is 11.2 Å². The van der Waals surface area contributed by atoms with Gasteiger partial charge in [0.25, 0.3) is 0 Å². The average molecular weight is 176 g/mol. The molecule has 0 aliphatic carbocycles. The fourth-order valence-electron chi connectivity index (χ4n) is 1.55. The van der Waals surface area contributed by atoms with Crippen molar-refractivity contribution in [2.24, 2.45) is 5.92 Å². The minimum absolute atomic E-state index is 0.00444. The Morgan fingerprint density at radius 1 is 1.46 bits per heavy atom. The van der Waals surface area contributed by atoms with Crippen molar-refractivity contribution in [2.75, 3.05) is 0 Å². The summed E-state index contributed by atoms with van der Waals surface area (Å²) in [5.41, 5.74) is 2.26. The molecule has 2 nitrogen and oxygen atoms in total. The van der Waals surface area contributed by atoms with E-state index in [4.69, 9.17) is 4.74 Å². The summed E-state index contributed by atoms with van der Waals surface area (Å²) >= 11 is 0. The summed E-state index contributed by atoms with van der Waals surface area (Å²) in [5.74, 6) is 0.622. The second-order valence-corrected chi connectivity index (χ2v) is 3.64. The van der Waals surface area contributed by atoms with Gasteiger partial charge in [-0.2, -0.15) is 0 Å². The molecule has 0 radical (unpaired) electrons. The van der Waals surface area contributed by atoms with Gasteiger partial charge in [-0.3, -0.25) is 4.79 Å². The normalized spacial score (nSPS) is 20.8. The molecule has 1 aliphatic heterocycles. The maximum atomic E-state index is 11.2. The van der Waals surface area contributed by atoms with E-state index in [1.54, 1.807) is 0 Å². The first kappa shape index (κ1) is 8.30. The molecule has 1 unspecified atom stereocenters. The largest absolute Gasteiger partial charge is 0.426 e. The minimum atomic E-state index is -0.113. The Morgan fingerprint density at radius 2 is 2.23 bits per heavy atom. The highest BCUT2D eigenvalue weighted by Crippen LogP contribution is 2.28. The molecule has 0 fully saturated rings. The Bertz CT molecular complexity index is 355. The molecule has 0 saturated heterocycles. The van der Waals surface area contributed by atoms with E-state index >= 15 is 0 Å². The van der Waals surface area contributed by atoms with Crippen molar-refractivity contribution in [1.29, 1.82) is 0 Å². The highest BCUT2D eigenvalue weighted by atomic mass is 16.5. The van der Waals surface area contributed by atoms with E-state index in [1.807, 2.05) is 32.0 Å². The Kier molecular flexibility index (Phi) is 1.83. The van der Waals surface area contributed by atoms with Gasteiger partial charge in [0.05, 0.1) is 5.92 Å². The molecule has 1 aromatic carbocycles. The van der Waals surface area contributed by atoms with Crippen molar-refractivity contribution in [2.45, 2.75) is 20.3 Å². The molecule has 2 rings (SSSR count). The molecule has 68 valence electrons. The first-order valence-electron chi connectivity index (χ1n) is 4.48. The van der Waals surface area contributed by atoms with Crippen LogP contribution in [0.25, 0.3) is 0 Å². The van der Waals surface area contributed by atoms with Crippen LogP contribution in [0.4, 0.5) is 0 Å². The Balaban J connectivity index is 2.42. The van der Waals surface area contributed by atoms with Gasteiger partial charge in [0, 0.05) is 0 Å². The van der Waals surface area contributed by atoms with Gasteiger partial charge in [-0.25, -0.2) is 0 Å². The van der Waals surface area contributed by atoms with Crippen LogP contribution in [0.5, 0.6) is 5.75 Å². The second kappa shape index (κ2) is 2.87. The average Bonchev–Trinajstić information content (AvgIpc) is 2.08. The smallest absolute Gasteiger partial charge is 0.314 e. The molecule has 1 aliphatic rings. The third-order valence-corrected chi connectivity index (χ3v) is 2.36. The molecule has 1 heterocycles. The number of carbonyl (C=O) groups is 1. The van der Waals surface area contributed by atoms with Crippen molar-refractivity contribution in [3.8, 4) is 5.75 Å². The number of benzene rings is 1. The summed E-state index contributed by atoms with van der Waals surface area (Å²) in [5, 5.41) is 0. The molecule has 1 atom stereocenters. The van der Waals surface area contributed by atoms with E-state index in [-0.39, 0.29) is 11.9 Å². The van der Waals surface area contributed by atoms with Gasteiger partial charge in [-0.15, -0.1) is 0 Å². The lowest BCUT2D eigenvalue weighted by Crippen LogP contribution is -2.25. The zero-order chi connectivity index (χ0) is 9.42. The van der Waals surface area contributed by atoms with E-state index in [0.717, 1.165) is 23.3 Å². The third kappa shape index (κ3) is 1.44. The summed E-state index contributed by atoms with van der Waals surface area (Å²) in [7, 11) is 0. The number of esters is 1. The molecule has 0 amide bonds. The summed E-state index contributed by atoms with van der Waals surface area (Å²) in [6, 6.07) is 6.00. The summed E-state index contributed by atoms with van der Waals surface area (Å²) in [4.78, 5) is 11.2. The van der Waals surface area contributed by atoms with Crippen LogP contribution in [0.15, 0.2) is 18.2 Å². The predicted molar refractivity (Wildman–Crippen MR) is 49.7 cm³/mol. The van der Waals surface area contributed by atoms with Gasteiger partial charge in [0.2, 0.25) is 0 Å². The zero-order valence-corrected chi connectivity index (χ0v) is 7.83. The summed E-state index contributed by atoms with van der Waals surface area (Å²) < 4.78 is 5.19. The number of rotatable bonds is 0. The van der Waals surface area contributed by atoms with Crippen LogP contribution in [0, 0.1) is 12.8 Å². The van der Waals surface area contributed by atoms with E-state index in [9.17, 15) is 4.79 Å². The second-order valence-electron chi connectivity index (χ2n) is 3.64.